The minimum Gasteiger partial charge on any atom is -0.439 e. The Labute approximate surface area is 141 Å². The lowest BCUT2D eigenvalue weighted by atomic mass is 10.2. The number of nitrogens with zero attached hydrogens (tertiary/aromatic N) is 1. The summed E-state index contributed by atoms with van der Waals surface area (Å²) in [5.41, 5.74) is 1.61. The molecule has 0 spiro atoms. The summed E-state index contributed by atoms with van der Waals surface area (Å²) in [4.78, 5) is 15.7. The van der Waals surface area contributed by atoms with E-state index in [1.807, 2.05) is 31.2 Å². The monoisotopic (exact) mass is 349 g/mol. The highest BCUT2D eigenvalue weighted by Gasteiger charge is 2.06. The molecule has 0 aliphatic rings. The summed E-state index contributed by atoms with van der Waals surface area (Å²) in [6, 6.07) is 10.3. The molecule has 0 bridgehead atoms. The lowest BCUT2D eigenvalue weighted by molar-refractivity contribution is 0.252. The Morgan fingerprint density at radius 1 is 1.17 bits per heavy atom. The largest absolute Gasteiger partial charge is 0.439 e. The average Bonchev–Trinajstić information content (AvgIpc) is 2.50. The minimum absolute atomic E-state index is 0.0483. The maximum atomic E-state index is 11.6. The number of sulfone groups is 1. The molecule has 2 amide bonds. The molecule has 0 radical (unpaired) electrons. The molecular weight excluding hydrogens is 330 g/mol. The molecule has 7 nitrogen and oxygen atoms in total. The number of benzene rings is 1. The van der Waals surface area contributed by atoms with E-state index < -0.39 is 15.9 Å². The van der Waals surface area contributed by atoms with Crippen LogP contribution in [0.15, 0.2) is 42.6 Å². The standard InChI is InChI=1S/C16H19N3O4S/c1-12-3-6-14(7-4-12)23-15-8-5-13(11-18-15)19-16(20)17-9-10-24(2,21)22/h3-8,11H,9-10H2,1-2H3,(H2,17,19,20). The second-order valence-corrected chi connectivity index (χ2v) is 7.57. The first-order chi connectivity index (χ1) is 11.3. The van der Waals surface area contributed by atoms with Crippen molar-refractivity contribution in [2.24, 2.45) is 0 Å². The zero-order chi connectivity index (χ0) is 17.6. The lowest BCUT2D eigenvalue weighted by Gasteiger charge is -2.08. The van der Waals surface area contributed by atoms with Crippen LogP contribution in [0.5, 0.6) is 11.6 Å². The number of rotatable bonds is 6. The molecule has 0 fully saturated rings. The number of urea groups is 1. The average molecular weight is 349 g/mol. The van der Waals surface area contributed by atoms with Crippen molar-refractivity contribution in [1.29, 1.82) is 0 Å². The van der Waals surface area contributed by atoms with Crippen LogP contribution in [-0.2, 0) is 9.84 Å². The van der Waals surface area contributed by atoms with Crippen molar-refractivity contribution >= 4 is 21.6 Å². The number of carbonyl (C=O) groups is 1. The highest BCUT2D eigenvalue weighted by molar-refractivity contribution is 7.90. The first kappa shape index (κ1) is 17.7. The minimum atomic E-state index is -3.10. The van der Waals surface area contributed by atoms with Gasteiger partial charge in [0.15, 0.2) is 0 Å². The third kappa shape index (κ3) is 6.25. The number of amides is 2. The summed E-state index contributed by atoms with van der Waals surface area (Å²) in [7, 11) is -3.10. The van der Waals surface area contributed by atoms with E-state index in [9.17, 15) is 13.2 Å². The Morgan fingerprint density at radius 3 is 2.46 bits per heavy atom. The summed E-state index contributed by atoms with van der Waals surface area (Å²) in [5.74, 6) is 0.969. The van der Waals surface area contributed by atoms with Crippen molar-refractivity contribution < 1.29 is 17.9 Å². The van der Waals surface area contributed by atoms with Crippen molar-refractivity contribution in [3.05, 3.63) is 48.2 Å². The molecule has 128 valence electrons. The SMILES string of the molecule is Cc1ccc(Oc2ccc(NC(=O)NCCS(C)(=O)=O)cn2)cc1. The fourth-order valence-electron chi connectivity index (χ4n) is 1.77. The van der Waals surface area contributed by atoms with E-state index in [-0.39, 0.29) is 12.3 Å². The van der Waals surface area contributed by atoms with Gasteiger partial charge >= 0.3 is 6.03 Å². The van der Waals surface area contributed by atoms with Crippen LogP contribution in [0.3, 0.4) is 0 Å². The first-order valence-electron chi connectivity index (χ1n) is 7.25. The second kappa shape index (κ2) is 7.78. The third-order valence-corrected chi connectivity index (χ3v) is 3.94. The van der Waals surface area contributed by atoms with Gasteiger partial charge in [0.05, 0.1) is 17.6 Å². The van der Waals surface area contributed by atoms with E-state index >= 15 is 0 Å². The Bertz CT molecular complexity index is 787. The van der Waals surface area contributed by atoms with Crippen molar-refractivity contribution in [2.45, 2.75) is 6.92 Å². The number of aryl methyl sites for hydroxylation is 1. The van der Waals surface area contributed by atoms with Crippen molar-refractivity contribution in [3.8, 4) is 11.6 Å². The van der Waals surface area contributed by atoms with Gasteiger partial charge in [-0.25, -0.2) is 18.2 Å². The van der Waals surface area contributed by atoms with Crippen molar-refractivity contribution in [2.75, 3.05) is 23.9 Å². The van der Waals surface area contributed by atoms with E-state index in [1.165, 1.54) is 6.20 Å². The maximum absolute atomic E-state index is 11.6. The van der Waals surface area contributed by atoms with Crippen LogP contribution in [-0.4, -0.2) is 38.0 Å². The molecule has 0 aliphatic carbocycles. The second-order valence-electron chi connectivity index (χ2n) is 5.31. The van der Waals surface area contributed by atoms with Gasteiger partial charge in [0.25, 0.3) is 0 Å². The van der Waals surface area contributed by atoms with E-state index in [1.54, 1.807) is 12.1 Å². The molecule has 2 N–H and O–H groups in total. The summed E-state index contributed by atoms with van der Waals surface area (Å²) in [6.07, 6.45) is 2.57. The number of aromatic nitrogens is 1. The topological polar surface area (TPSA) is 97.4 Å². The predicted octanol–water partition coefficient (Wildman–Crippen LogP) is 2.35. The molecule has 1 aromatic carbocycles. The van der Waals surface area contributed by atoms with Crippen LogP contribution in [0, 0.1) is 6.92 Å². The van der Waals surface area contributed by atoms with Crippen LogP contribution in [0.2, 0.25) is 0 Å². The maximum Gasteiger partial charge on any atom is 0.319 e. The van der Waals surface area contributed by atoms with E-state index in [0.717, 1.165) is 11.8 Å². The quantitative estimate of drug-likeness (QED) is 0.834. The van der Waals surface area contributed by atoms with Gasteiger partial charge in [0, 0.05) is 18.9 Å². The van der Waals surface area contributed by atoms with Crippen LogP contribution in [0.1, 0.15) is 5.56 Å². The zero-order valence-corrected chi connectivity index (χ0v) is 14.3. The molecule has 2 aromatic rings. The Balaban J connectivity index is 1.85. The number of ether oxygens (including phenoxy) is 1. The van der Waals surface area contributed by atoms with Gasteiger partial charge in [0.2, 0.25) is 5.88 Å². The highest BCUT2D eigenvalue weighted by Crippen LogP contribution is 2.20. The van der Waals surface area contributed by atoms with Crippen LogP contribution < -0.4 is 15.4 Å². The summed E-state index contributed by atoms with van der Waals surface area (Å²) in [5, 5.41) is 5.02. The molecule has 0 aliphatic heterocycles. The third-order valence-electron chi connectivity index (χ3n) is 3.00. The summed E-state index contributed by atoms with van der Waals surface area (Å²) < 4.78 is 27.6. The van der Waals surface area contributed by atoms with Gasteiger partial charge in [-0.3, -0.25) is 0 Å². The van der Waals surface area contributed by atoms with Crippen LogP contribution in [0.4, 0.5) is 10.5 Å². The van der Waals surface area contributed by atoms with Gasteiger partial charge in [-0.15, -0.1) is 0 Å². The van der Waals surface area contributed by atoms with Gasteiger partial charge in [-0.1, -0.05) is 17.7 Å². The number of hydrogen-bond acceptors (Lipinski definition) is 5. The first-order valence-corrected chi connectivity index (χ1v) is 9.31. The molecule has 1 heterocycles. The molecule has 0 saturated heterocycles. The van der Waals surface area contributed by atoms with Crippen molar-refractivity contribution in [1.82, 2.24) is 10.3 Å². The molecule has 8 heteroatoms. The van der Waals surface area contributed by atoms with Gasteiger partial charge in [-0.2, -0.15) is 0 Å². The van der Waals surface area contributed by atoms with E-state index in [0.29, 0.717) is 17.3 Å². The Kier molecular flexibility index (Phi) is 5.75. The number of anilines is 1. The molecule has 1 aromatic heterocycles. The fourth-order valence-corrected chi connectivity index (χ4v) is 2.24. The smallest absolute Gasteiger partial charge is 0.319 e. The number of pyridine rings is 1. The van der Waals surface area contributed by atoms with E-state index in [2.05, 4.69) is 15.6 Å². The molecule has 0 saturated carbocycles. The van der Waals surface area contributed by atoms with Crippen molar-refractivity contribution in [3.63, 3.8) is 0 Å². The zero-order valence-electron chi connectivity index (χ0n) is 13.4. The number of carbonyl (C=O) groups excluding carboxylic acids is 1. The Hall–Kier alpha value is -2.61. The molecule has 2 rings (SSSR count). The van der Waals surface area contributed by atoms with E-state index in [4.69, 9.17) is 4.74 Å². The molecule has 0 unspecified atom stereocenters. The highest BCUT2D eigenvalue weighted by atomic mass is 32.2. The number of nitrogens with one attached hydrogen (secondary N) is 2. The van der Waals surface area contributed by atoms with Crippen LogP contribution in [0.25, 0.3) is 0 Å². The van der Waals surface area contributed by atoms with Gasteiger partial charge in [0.1, 0.15) is 15.6 Å². The lowest BCUT2D eigenvalue weighted by Crippen LogP contribution is -2.32. The van der Waals surface area contributed by atoms with Gasteiger partial charge in [-0.05, 0) is 25.1 Å². The molecule has 0 atom stereocenters. The molecular formula is C16H19N3O4S. The summed E-state index contributed by atoms with van der Waals surface area (Å²) >= 11 is 0. The Morgan fingerprint density at radius 2 is 1.88 bits per heavy atom. The van der Waals surface area contributed by atoms with Gasteiger partial charge < -0.3 is 15.4 Å². The predicted molar refractivity (Wildman–Crippen MR) is 92.2 cm³/mol. The van der Waals surface area contributed by atoms with Crippen LogP contribution >= 0.6 is 0 Å². The molecule has 24 heavy (non-hydrogen) atoms. The summed E-state index contributed by atoms with van der Waals surface area (Å²) in [6.45, 7) is 2.04. The normalized spacial score (nSPS) is 10.9. The fraction of sp³-hybridized carbons (Fsp3) is 0.250. The number of hydrogen-bond donors (Lipinski definition) is 2.